The number of phenols is 1. The molecule has 134 valence electrons. The number of aromatic hydroxyl groups is 1. The molecule has 1 unspecified atom stereocenters. The lowest BCUT2D eigenvalue weighted by atomic mass is 10.1. The second-order valence-corrected chi connectivity index (χ2v) is 6.43. The lowest BCUT2D eigenvalue weighted by molar-refractivity contribution is 0.0518. The van der Waals surface area contributed by atoms with Gasteiger partial charge in [0.05, 0.1) is 11.7 Å². The molecule has 0 saturated heterocycles. The molecule has 1 rings (SSSR count). The van der Waals surface area contributed by atoms with E-state index in [0.717, 1.165) is 0 Å². The van der Waals surface area contributed by atoms with E-state index in [1.54, 1.807) is 32.9 Å². The van der Waals surface area contributed by atoms with Gasteiger partial charge in [0.2, 0.25) is 0 Å². The third-order valence-corrected chi connectivity index (χ3v) is 3.06. The molecule has 0 saturated carbocycles. The molecule has 0 fully saturated rings. The Bertz CT molecular complexity index is 554. The molecule has 2 amide bonds. The predicted molar refractivity (Wildman–Crippen MR) is 89.9 cm³/mol. The molecule has 4 N–H and O–H groups in total. The van der Waals surface area contributed by atoms with Crippen LogP contribution in [-0.2, 0) is 4.74 Å². The highest BCUT2D eigenvalue weighted by Crippen LogP contribution is 2.15. The zero-order chi connectivity index (χ0) is 18.2. The summed E-state index contributed by atoms with van der Waals surface area (Å²) in [6.07, 6.45) is -0.492. The van der Waals surface area contributed by atoms with Gasteiger partial charge in [-0.3, -0.25) is 4.79 Å². The molecular formula is C17H26N2O5. The van der Waals surface area contributed by atoms with Crippen LogP contribution < -0.4 is 10.6 Å². The van der Waals surface area contributed by atoms with Crippen LogP contribution in [-0.4, -0.2) is 47.0 Å². The number of hydrogen-bond acceptors (Lipinski definition) is 5. The van der Waals surface area contributed by atoms with Gasteiger partial charge in [0.1, 0.15) is 11.4 Å². The number of hydrogen-bond donors (Lipinski definition) is 4. The second kappa shape index (κ2) is 9.12. The van der Waals surface area contributed by atoms with E-state index in [1.165, 1.54) is 12.1 Å². The minimum atomic E-state index is -0.662. The van der Waals surface area contributed by atoms with Gasteiger partial charge >= 0.3 is 6.09 Å². The molecule has 0 spiro atoms. The van der Waals surface area contributed by atoms with Crippen molar-refractivity contribution in [1.82, 2.24) is 10.6 Å². The molecule has 0 aliphatic heterocycles. The lowest BCUT2D eigenvalue weighted by Gasteiger charge is -2.20. The van der Waals surface area contributed by atoms with E-state index in [0.29, 0.717) is 12.8 Å². The minimum Gasteiger partial charge on any atom is -0.507 e. The first kappa shape index (κ1) is 19.8. The summed E-state index contributed by atoms with van der Waals surface area (Å²) in [5, 5.41) is 24.6. The Balaban J connectivity index is 2.20. The summed E-state index contributed by atoms with van der Waals surface area (Å²) in [5.41, 5.74) is -0.366. The van der Waals surface area contributed by atoms with Crippen molar-refractivity contribution in [2.24, 2.45) is 0 Å². The predicted octanol–water partition coefficient (Wildman–Crippen LogP) is 1.79. The summed E-state index contributed by atoms with van der Waals surface area (Å²) >= 11 is 0. The largest absolute Gasteiger partial charge is 0.507 e. The molecule has 0 aliphatic rings. The van der Waals surface area contributed by atoms with Crippen molar-refractivity contribution in [2.75, 3.05) is 13.1 Å². The Hall–Kier alpha value is -2.28. The van der Waals surface area contributed by atoms with Crippen LogP contribution in [0.4, 0.5) is 4.79 Å². The number of carbonyl (C=O) groups excluding carboxylic acids is 2. The third-order valence-electron chi connectivity index (χ3n) is 3.06. The zero-order valence-corrected chi connectivity index (χ0v) is 14.3. The van der Waals surface area contributed by atoms with Crippen LogP contribution in [0.15, 0.2) is 24.3 Å². The number of para-hydroxylation sites is 1. The summed E-state index contributed by atoms with van der Waals surface area (Å²) in [4.78, 5) is 23.3. The lowest BCUT2D eigenvalue weighted by Crippen LogP contribution is -2.34. The Labute approximate surface area is 142 Å². The van der Waals surface area contributed by atoms with Gasteiger partial charge in [0.15, 0.2) is 0 Å². The Kier molecular flexibility index (Phi) is 7.51. The van der Waals surface area contributed by atoms with Crippen LogP contribution in [0.2, 0.25) is 0 Å². The number of rotatable bonds is 7. The van der Waals surface area contributed by atoms with Gasteiger partial charge in [-0.05, 0) is 45.7 Å². The first-order valence-corrected chi connectivity index (χ1v) is 7.90. The van der Waals surface area contributed by atoms with Crippen molar-refractivity contribution in [3.05, 3.63) is 29.8 Å². The summed E-state index contributed by atoms with van der Waals surface area (Å²) in [6.45, 7) is 5.86. The van der Waals surface area contributed by atoms with Crippen molar-refractivity contribution in [1.29, 1.82) is 0 Å². The molecule has 0 radical (unpaired) electrons. The maximum absolute atomic E-state index is 11.9. The molecule has 1 aromatic rings. The van der Waals surface area contributed by atoms with Gasteiger partial charge in [-0.1, -0.05) is 12.1 Å². The van der Waals surface area contributed by atoms with Gasteiger partial charge in [-0.15, -0.1) is 0 Å². The maximum atomic E-state index is 11.9. The van der Waals surface area contributed by atoms with Crippen LogP contribution in [0.25, 0.3) is 0 Å². The number of phenolic OH excluding ortho intramolecular Hbond substituents is 1. The summed E-state index contributed by atoms with van der Waals surface area (Å²) in [5.74, 6) is -0.482. The van der Waals surface area contributed by atoms with E-state index < -0.39 is 23.7 Å². The van der Waals surface area contributed by atoms with Gasteiger partial charge in [-0.25, -0.2) is 4.79 Å². The highest BCUT2D eigenvalue weighted by atomic mass is 16.6. The van der Waals surface area contributed by atoms with E-state index >= 15 is 0 Å². The number of ether oxygens (including phenoxy) is 1. The van der Waals surface area contributed by atoms with Crippen molar-refractivity contribution in [3.8, 4) is 5.75 Å². The molecular weight excluding hydrogens is 312 g/mol. The number of alkyl carbamates (subject to hydrolysis) is 1. The number of benzene rings is 1. The van der Waals surface area contributed by atoms with Gasteiger partial charge in [-0.2, -0.15) is 0 Å². The average molecular weight is 338 g/mol. The fraction of sp³-hybridized carbons (Fsp3) is 0.529. The van der Waals surface area contributed by atoms with Gasteiger partial charge < -0.3 is 25.6 Å². The SMILES string of the molecule is CC(C)(C)OC(=O)NCCC(O)CCNC(=O)c1ccccc1O. The van der Waals surface area contributed by atoms with E-state index in [-0.39, 0.29) is 24.4 Å². The number of aliphatic hydroxyl groups excluding tert-OH is 1. The highest BCUT2D eigenvalue weighted by molar-refractivity contribution is 5.96. The van der Waals surface area contributed by atoms with Crippen LogP contribution in [0.3, 0.4) is 0 Å². The Morgan fingerprint density at radius 2 is 1.71 bits per heavy atom. The van der Waals surface area contributed by atoms with Crippen LogP contribution >= 0.6 is 0 Å². The fourth-order valence-corrected chi connectivity index (χ4v) is 1.91. The topological polar surface area (TPSA) is 108 Å². The van der Waals surface area contributed by atoms with Gasteiger partial charge in [0, 0.05) is 13.1 Å². The minimum absolute atomic E-state index is 0.0860. The number of carbonyl (C=O) groups is 2. The number of nitrogens with one attached hydrogen (secondary N) is 2. The zero-order valence-electron chi connectivity index (χ0n) is 14.3. The van der Waals surface area contributed by atoms with Crippen molar-refractivity contribution < 1.29 is 24.5 Å². The van der Waals surface area contributed by atoms with E-state index in [9.17, 15) is 19.8 Å². The first-order valence-electron chi connectivity index (χ1n) is 7.90. The van der Waals surface area contributed by atoms with E-state index in [2.05, 4.69) is 10.6 Å². The standard InChI is InChI=1S/C17H26N2O5/c1-17(2,3)24-16(23)19-11-9-12(20)8-10-18-15(22)13-6-4-5-7-14(13)21/h4-7,12,20-21H,8-11H2,1-3H3,(H,18,22)(H,19,23). The van der Waals surface area contributed by atoms with Gasteiger partial charge in [0.25, 0.3) is 5.91 Å². The quantitative estimate of drug-likeness (QED) is 0.606. The average Bonchev–Trinajstić information content (AvgIpc) is 2.45. The molecule has 1 aromatic carbocycles. The highest BCUT2D eigenvalue weighted by Gasteiger charge is 2.16. The van der Waals surface area contributed by atoms with Crippen molar-refractivity contribution >= 4 is 12.0 Å². The molecule has 0 bridgehead atoms. The summed E-state index contributed by atoms with van der Waals surface area (Å²) in [7, 11) is 0. The Morgan fingerprint density at radius 3 is 2.29 bits per heavy atom. The number of aliphatic hydroxyl groups is 1. The number of amides is 2. The summed E-state index contributed by atoms with van der Waals surface area (Å²) < 4.78 is 5.08. The molecule has 24 heavy (non-hydrogen) atoms. The smallest absolute Gasteiger partial charge is 0.407 e. The van der Waals surface area contributed by atoms with Crippen molar-refractivity contribution in [3.63, 3.8) is 0 Å². The van der Waals surface area contributed by atoms with Crippen LogP contribution in [0, 0.1) is 0 Å². The Morgan fingerprint density at radius 1 is 1.12 bits per heavy atom. The van der Waals surface area contributed by atoms with E-state index in [4.69, 9.17) is 4.74 Å². The monoisotopic (exact) mass is 338 g/mol. The van der Waals surface area contributed by atoms with Crippen molar-refractivity contribution in [2.45, 2.75) is 45.3 Å². The first-order chi connectivity index (χ1) is 11.2. The van der Waals surface area contributed by atoms with E-state index in [1.807, 2.05) is 0 Å². The normalized spacial score (nSPS) is 12.3. The summed E-state index contributed by atoms with van der Waals surface area (Å²) in [6, 6.07) is 6.25. The fourth-order valence-electron chi connectivity index (χ4n) is 1.91. The maximum Gasteiger partial charge on any atom is 0.407 e. The molecule has 7 heteroatoms. The third kappa shape index (κ3) is 7.82. The van der Waals surface area contributed by atoms with Crippen LogP contribution in [0.1, 0.15) is 44.0 Å². The second-order valence-electron chi connectivity index (χ2n) is 6.43. The molecule has 0 heterocycles. The molecule has 1 atom stereocenters. The van der Waals surface area contributed by atoms with Crippen LogP contribution in [0.5, 0.6) is 5.75 Å². The molecule has 7 nitrogen and oxygen atoms in total. The molecule has 0 aromatic heterocycles. The molecule has 0 aliphatic carbocycles.